The van der Waals surface area contributed by atoms with Crippen molar-refractivity contribution in [1.29, 1.82) is 0 Å². The zero-order valence-electron chi connectivity index (χ0n) is 10.7. The molecule has 0 aromatic carbocycles. The van der Waals surface area contributed by atoms with Crippen molar-refractivity contribution >= 4 is 11.9 Å². The fourth-order valence-electron chi connectivity index (χ4n) is 1.84. The third-order valence-corrected chi connectivity index (χ3v) is 3.01. The van der Waals surface area contributed by atoms with Crippen LogP contribution in [0.3, 0.4) is 0 Å². The first-order valence-corrected chi connectivity index (χ1v) is 6.12. The van der Waals surface area contributed by atoms with E-state index in [-0.39, 0.29) is 17.6 Å². The summed E-state index contributed by atoms with van der Waals surface area (Å²) in [6.07, 6.45) is 3.33. The van der Waals surface area contributed by atoms with E-state index in [4.69, 9.17) is 9.84 Å². The number of nitrogens with zero attached hydrogens (tertiary/aromatic N) is 2. The molecule has 102 valence electrons. The molecule has 1 amide bonds. The third-order valence-electron chi connectivity index (χ3n) is 3.01. The van der Waals surface area contributed by atoms with Crippen LogP contribution in [0.1, 0.15) is 33.7 Å². The van der Waals surface area contributed by atoms with Gasteiger partial charge in [0, 0.05) is 25.9 Å². The number of carboxylic acid groups (broad SMARTS) is 1. The van der Waals surface area contributed by atoms with Gasteiger partial charge >= 0.3 is 5.97 Å². The van der Waals surface area contributed by atoms with Crippen molar-refractivity contribution in [3.8, 4) is 0 Å². The van der Waals surface area contributed by atoms with Gasteiger partial charge in [0.1, 0.15) is 5.69 Å². The number of hydrogen-bond acceptors (Lipinski definition) is 4. The van der Waals surface area contributed by atoms with E-state index in [0.29, 0.717) is 18.7 Å². The number of ether oxygens (including phenoxy) is 1. The van der Waals surface area contributed by atoms with E-state index in [1.54, 1.807) is 12.0 Å². The minimum atomic E-state index is -1.10. The molecule has 19 heavy (non-hydrogen) atoms. The highest BCUT2D eigenvalue weighted by atomic mass is 16.5. The van der Waals surface area contributed by atoms with Crippen LogP contribution in [0.4, 0.5) is 0 Å². The van der Waals surface area contributed by atoms with Crippen molar-refractivity contribution in [2.75, 3.05) is 20.3 Å². The quantitative estimate of drug-likeness (QED) is 0.830. The number of carbonyl (C=O) groups excluding carboxylic acids is 1. The molecule has 1 fully saturated rings. The Bertz CT molecular complexity index is 468. The molecule has 1 aliphatic rings. The van der Waals surface area contributed by atoms with E-state index in [0.717, 1.165) is 12.8 Å². The third kappa shape index (κ3) is 3.29. The predicted octanol–water partition coefficient (Wildman–Crippen LogP) is 1.03. The Balaban J connectivity index is 2.09. The summed E-state index contributed by atoms with van der Waals surface area (Å²) >= 11 is 0. The van der Waals surface area contributed by atoms with Crippen LogP contribution in [-0.2, 0) is 4.74 Å². The highest BCUT2D eigenvalue weighted by Gasteiger charge is 2.32. The van der Waals surface area contributed by atoms with Crippen LogP contribution in [0.15, 0.2) is 18.3 Å². The van der Waals surface area contributed by atoms with Crippen molar-refractivity contribution in [3.05, 3.63) is 29.6 Å². The molecule has 1 aliphatic carbocycles. The highest BCUT2D eigenvalue weighted by molar-refractivity contribution is 5.95. The molecule has 1 aromatic rings. The molecule has 1 aromatic heterocycles. The largest absolute Gasteiger partial charge is 0.477 e. The summed E-state index contributed by atoms with van der Waals surface area (Å²) in [7, 11) is 1.60. The van der Waals surface area contributed by atoms with Crippen molar-refractivity contribution in [2.24, 2.45) is 0 Å². The maximum atomic E-state index is 12.3. The van der Waals surface area contributed by atoms with Gasteiger partial charge in [-0.05, 0) is 25.0 Å². The second-order valence-electron chi connectivity index (χ2n) is 4.46. The normalized spacial score (nSPS) is 14.2. The van der Waals surface area contributed by atoms with Gasteiger partial charge < -0.3 is 14.7 Å². The molecule has 2 rings (SSSR count). The molecular weight excluding hydrogens is 248 g/mol. The summed E-state index contributed by atoms with van der Waals surface area (Å²) in [5, 5.41) is 8.76. The van der Waals surface area contributed by atoms with Gasteiger partial charge in [-0.25, -0.2) is 9.78 Å². The number of pyridine rings is 1. The number of aromatic nitrogens is 1. The maximum absolute atomic E-state index is 12.3. The van der Waals surface area contributed by atoms with Crippen LogP contribution in [0.2, 0.25) is 0 Å². The van der Waals surface area contributed by atoms with Gasteiger partial charge in [0.2, 0.25) is 0 Å². The van der Waals surface area contributed by atoms with Crippen LogP contribution in [0.25, 0.3) is 0 Å². The minimum absolute atomic E-state index is 0.0635. The molecule has 0 aliphatic heterocycles. The second kappa shape index (κ2) is 5.79. The lowest BCUT2D eigenvalue weighted by Gasteiger charge is -2.21. The molecule has 0 saturated heterocycles. The first-order chi connectivity index (χ1) is 9.13. The summed E-state index contributed by atoms with van der Waals surface area (Å²) in [5.41, 5.74) is 0.347. The van der Waals surface area contributed by atoms with Crippen molar-refractivity contribution < 1.29 is 19.4 Å². The topological polar surface area (TPSA) is 79.7 Å². The Morgan fingerprint density at radius 1 is 1.47 bits per heavy atom. The van der Waals surface area contributed by atoms with Gasteiger partial charge in [-0.15, -0.1) is 0 Å². The summed E-state index contributed by atoms with van der Waals surface area (Å²) in [6.45, 7) is 1.03. The number of rotatable bonds is 6. The fraction of sp³-hybridized carbons (Fsp3) is 0.462. The maximum Gasteiger partial charge on any atom is 0.354 e. The number of methoxy groups -OCH3 is 1. The van der Waals surface area contributed by atoms with E-state index in [1.807, 2.05) is 0 Å². The average Bonchev–Trinajstić information content (AvgIpc) is 3.23. The number of carbonyl (C=O) groups is 2. The molecule has 1 N–H and O–H groups in total. The molecule has 6 nitrogen and oxygen atoms in total. The summed E-state index contributed by atoms with van der Waals surface area (Å²) in [4.78, 5) is 28.5. The molecule has 0 unspecified atom stereocenters. The van der Waals surface area contributed by atoms with E-state index >= 15 is 0 Å². The number of hydrogen-bond donors (Lipinski definition) is 1. The predicted molar refractivity (Wildman–Crippen MR) is 67.1 cm³/mol. The molecule has 0 radical (unpaired) electrons. The summed E-state index contributed by atoms with van der Waals surface area (Å²) < 4.78 is 5.00. The Kier molecular flexibility index (Phi) is 4.11. The van der Waals surface area contributed by atoms with Crippen LogP contribution < -0.4 is 0 Å². The molecule has 0 bridgehead atoms. The zero-order valence-corrected chi connectivity index (χ0v) is 10.7. The number of carboxylic acids is 1. The van der Waals surface area contributed by atoms with Gasteiger partial charge in [-0.2, -0.15) is 0 Å². The standard InChI is InChI=1S/C13H16N2O4/c1-19-7-6-15(10-3-4-10)12(16)9-2-5-11(13(17)18)14-8-9/h2,5,8,10H,3-4,6-7H2,1H3,(H,17,18). The fourth-order valence-corrected chi connectivity index (χ4v) is 1.84. The van der Waals surface area contributed by atoms with Gasteiger partial charge in [-0.3, -0.25) is 4.79 Å². The SMILES string of the molecule is COCCN(C(=O)c1ccc(C(=O)O)nc1)C1CC1. The Labute approximate surface area is 111 Å². The lowest BCUT2D eigenvalue weighted by molar-refractivity contribution is 0.0669. The minimum Gasteiger partial charge on any atom is -0.477 e. The van der Waals surface area contributed by atoms with Crippen LogP contribution in [-0.4, -0.2) is 53.2 Å². The van der Waals surface area contributed by atoms with Gasteiger partial charge in [0.25, 0.3) is 5.91 Å². The Morgan fingerprint density at radius 3 is 2.68 bits per heavy atom. The average molecular weight is 264 g/mol. The smallest absolute Gasteiger partial charge is 0.354 e. The Hall–Kier alpha value is -1.95. The number of aromatic carboxylic acids is 1. The van der Waals surface area contributed by atoms with Crippen molar-refractivity contribution in [3.63, 3.8) is 0 Å². The zero-order chi connectivity index (χ0) is 13.8. The molecule has 0 atom stereocenters. The Morgan fingerprint density at radius 2 is 2.21 bits per heavy atom. The lowest BCUT2D eigenvalue weighted by atomic mass is 10.2. The van der Waals surface area contributed by atoms with Crippen LogP contribution >= 0.6 is 0 Å². The number of amides is 1. The first-order valence-electron chi connectivity index (χ1n) is 6.12. The highest BCUT2D eigenvalue weighted by Crippen LogP contribution is 2.27. The van der Waals surface area contributed by atoms with E-state index < -0.39 is 5.97 Å². The van der Waals surface area contributed by atoms with Crippen molar-refractivity contribution in [2.45, 2.75) is 18.9 Å². The first kappa shape index (κ1) is 13.5. The summed E-state index contributed by atoms with van der Waals surface area (Å²) in [6, 6.07) is 3.12. The molecular formula is C13H16N2O4. The second-order valence-corrected chi connectivity index (χ2v) is 4.46. The van der Waals surface area contributed by atoms with Crippen LogP contribution in [0, 0.1) is 0 Å². The molecule has 1 saturated carbocycles. The van der Waals surface area contributed by atoms with Crippen LogP contribution in [0.5, 0.6) is 0 Å². The molecule has 1 heterocycles. The van der Waals surface area contributed by atoms with E-state index in [2.05, 4.69) is 4.98 Å². The molecule has 6 heteroatoms. The van der Waals surface area contributed by atoms with Gasteiger partial charge in [-0.1, -0.05) is 0 Å². The summed E-state index contributed by atoms with van der Waals surface area (Å²) in [5.74, 6) is -1.22. The lowest BCUT2D eigenvalue weighted by Crippen LogP contribution is -2.35. The molecule has 0 spiro atoms. The van der Waals surface area contributed by atoms with Gasteiger partial charge in [0.15, 0.2) is 0 Å². The van der Waals surface area contributed by atoms with E-state index in [9.17, 15) is 9.59 Å². The van der Waals surface area contributed by atoms with E-state index in [1.165, 1.54) is 18.3 Å². The monoisotopic (exact) mass is 264 g/mol. The van der Waals surface area contributed by atoms with Gasteiger partial charge in [0.05, 0.1) is 12.2 Å². The van der Waals surface area contributed by atoms with Crippen molar-refractivity contribution in [1.82, 2.24) is 9.88 Å².